The first-order valence-corrected chi connectivity index (χ1v) is 6.24. The van der Waals surface area contributed by atoms with Crippen LogP contribution < -0.4 is 10.1 Å². The van der Waals surface area contributed by atoms with Crippen molar-refractivity contribution in [1.29, 1.82) is 0 Å². The predicted octanol–water partition coefficient (Wildman–Crippen LogP) is 2.44. The minimum atomic E-state index is -4.76. The summed E-state index contributed by atoms with van der Waals surface area (Å²) >= 11 is 0. The Labute approximate surface area is 126 Å². The van der Waals surface area contributed by atoms with Crippen LogP contribution in [0.1, 0.15) is 17.3 Å². The number of piperazine rings is 1. The van der Waals surface area contributed by atoms with Gasteiger partial charge < -0.3 is 15.0 Å². The molecule has 0 unspecified atom stereocenters. The summed E-state index contributed by atoms with van der Waals surface area (Å²) in [6, 6.07) is 5.15. The van der Waals surface area contributed by atoms with E-state index in [1.165, 1.54) is 18.2 Å². The fourth-order valence-electron chi connectivity index (χ4n) is 2.13. The second-order valence-corrected chi connectivity index (χ2v) is 4.63. The number of benzene rings is 1. The molecule has 0 bridgehead atoms. The van der Waals surface area contributed by atoms with Gasteiger partial charge in [-0.3, -0.25) is 4.79 Å². The van der Waals surface area contributed by atoms with Crippen LogP contribution in [0.2, 0.25) is 0 Å². The first-order valence-electron chi connectivity index (χ1n) is 6.24. The van der Waals surface area contributed by atoms with E-state index in [0.29, 0.717) is 19.6 Å². The minimum absolute atomic E-state index is 0. The lowest BCUT2D eigenvalue weighted by Gasteiger charge is -2.34. The molecule has 4 nitrogen and oxygen atoms in total. The molecule has 0 spiro atoms. The number of hydrogen-bond donors (Lipinski definition) is 1. The minimum Gasteiger partial charge on any atom is -0.406 e. The number of hydrogen-bond acceptors (Lipinski definition) is 3. The van der Waals surface area contributed by atoms with Crippen molar-refractivity contribution in [3.05, 3.63) is 29.8 Å². The number of ether oxygens (including phenoxy) is 1. The summed E-state index contributed by atoms with van der Waals surface area (Å²) in [5.74, 6) is -0.669. The normalized spacial score (nSPS) is 18.9. The average molecular weight is 325 g/mol. The van der Waals surface area contributed by atoms with Gasteiger partial charge in [0, 0.05) is 31.2 Å². The Morgan fingerprint density at radius 2 is 2.14 bits per heavy atom. The van der Waals surface area contributed by atoms with Gasteiger partial charge in [0.15, 0.2) is 0 Å². The van der Waals surface area contributed by atoms with E-state index >= 15 is 0 Å². The summed E-state index contributed by atoms with van der Waals surface area (Å²) in [7, 11) is 0. The average Bonchev–Trinajstić information content (AvgIpc) is 2.37. The number of carbonyl (C=O) groups excluding carboxylic acids is 1. The smallest absolute Gasteiger partial charge is 0.406 e. The van der Waals surface area contributed by atoms with E-state index in [1.807, 2.05) is 6.92 Å². The molecule has 1 atom stereocenters. The van der Waals surface area contributed by atoms with Gasteiger partial charge in [0.05, 0.1) is 0 Å². The maximum absolute atomic E-state index is 12.3. The van der Waals surface area contributed by atoms with Crippen molar-refractivity contribution in [3.8, 4) is 5.75 Å². The molecule has 1 amide bonds. The Morgan fingerprint density at radius 3 is 2.76 bits per heavy atom. The van der Waals surface area contributed by atoms with Crippen molar-refractivity contribution in [2.24, 2.45) is 0 Å². The van der Waals surface area contributed by atoms with E-state index in [2.05, 4.69) is 10.1 Å². The second-order valence-electron chi connectivity index (χ2n) is 4.63. The third-order valence-corrected chi connectivity index (χ3v) is 3.08. The molecule has 1 N–H and O–H groups in total. The van der Waals surface area contributed by atoms with E-state index < -0.39 is 6.36 Å². The summed E-state index contributed by atoms with van der Waals surface area (Å²) < 4.78 is 40.3. The Kier molecular flexibility index (Phi) is 5.86. The highest BCUT2D eigenvalue weighted by atomic mass is 35.5. The zero-order valence-electron chi connectivity index (χ0n) is 11.3. The fourth-order valence-corrected chi connectivity index (χ4v) is 2.13. The molecular weight excluding hydrogens is 309 g/mol. The van der Waals surface area contributed by atoms with Crippen molar-refractivity contribution in [2.45, 2.75) is 19.3 Å². The summed E-state index contributed by atoms with van der Waals surface area (Å²) in [6.45, 7) is 3.77. The lowest BCUT2D eigenvalue weighted by atomic mass is 10.1. The van der Waals surface area contributed by atoms with Crippen molar-refractivity contribution in [3.63, 3.8) is 0 Å². The molecule has 8 heteroatoms. The number of rotatable bonds is 2. The van der Waals surface area contributed by atoms with Gasteiger partial charge in [-0.1, -0.05) is 6.07 Å². The molecule has 1 saturated heterocycles. The van der Waals surface area contributed by atoms with Crippen LogP contribution in [-0.4, -0.2) is 42.8 Å². The molecule has 118 valence electrons. The highest BCUT2D eigenvalue weighted by Gasteiger charge is 2.31. The van der Waals surface area contributed by atoms with Gasteiger partial charge in [0.2, 0.25) is 0 Å². The van der Waals surface area contributed by atoms with E-state index in [-0.39, 0.29) is 35.7 Å². The van der Waals surface area contributed by atoms with Gasteiger partial charge in [-0.2, -0.15) is 0 Å². The number of nitrogens with one attached hydrogen (secondary N) is 1. The van der Waals surface area contributed by atoms with Gasteiger partial charge in [0.1, 0.15) is 5.75 Å². The van der Waals surface area contributed by atoms with Gasteiger partial charge in [-0.15, -0.1) is 25.6 Å². The van der Waals surface area contributed by atoms with Crippen molar-refractivity contribution in [2.75, 3.05) is 19.6 Å². The number of alkyl halides is 3. The van der Waals surface area contributed by atoms with E-state index in [9.17, 15) is 18.0 Å². The van der Waals surface area contributed by atoms with Crippen LogP contribution in [0, 0.1) is 0 Å². The van der Waals surface area contributed by atoms with E-state index in [4.69, 9.17) is 0 Å². The molecule has 0 aliphatic carbocycles. The zero-order chi connectivity index (χ0) is 14.8. The van der Waals surface area contributed by atoms with Crippen molar-refractivity contribution in [1.82, 2.24) is 10.2 Å². The molecule has 1 aromatic carbocycles. The Balaban J connectivity index is 0.00000220. The molecule has 2 rings (SSSR count). The standard InChI is InChI=1S/C13H15F3N2O2.ClH/c1-9-8-17-5-6-18(9)12(19)10-3-2-4-11(7-10)20-13(14,15)16;/h2-4,7,9,17H,5-6,8H2,1H3;1H/t9-;/m0./s1. The van der Waals surface area contributed by atoms with Gasteiger partial charge in [-0.25, -0.2) is 0 Å². The monoisotopic (exact) mass is 324 g/mol. The fraction of sp³-hybridized carbons (Fsp3) is 0.462. The van der Waals surface area contributed by atoms with Gasteiger partial charge in [-0.05, 0) is 25.1 Å². The maximum Gasteiger partial charge on any atom is 0.573 e. The SMILES string of the molecule is C[C@H]1CNCCN1C(=O)c1cccc(OC(F)(F)F)c1.Cl. The second kappa shape index (κ2) is 7.00. The topological polar surface area (TPSA) is 41.6 Å². The lowest BCUT2D eigenvalue weighted by Crippen LogP contribution is -2.52. The van der Waals surface area contributed by atoms with E-state index in [1.54, 1.807) is 4.90 Å². The van der Waals surface area contributed by atoms with E-state index in [0.717, 1.165) is 6.07 Å². The Morgan fingerprint density at radius 1 is 1.43 bits per heavy atom. The van der Waals surface area contributed by atoms with Crippen LogP contribution in [0.4, 0.5) is 13.2 Å². The zero-order valence-corrected chi connectivity index (χ0v) is 12.1. The summed E-state index contributed by atoms with van der Waals surface area (Å²) in [4.78, 5) is 13.9. The molecule has 1 aromatic rings. The maximum atomic E-state index is 12.3. The molecular formula is C13H16ClF3N2O2. The van der Waals surface area contributed by atoms with Crippen LogP contribution in [-0.2, 0) is 0 Å². The van der Waals surface area contributed by atoms with Crippen LogP contribution in [0.3, 0.4) is 0 Å². The first kappa shape index (κ1) is 17.6. The quantitative estimate of drug-likeness (QED) is 0.908. The van der Waals surface area contributed by atoms with Crippen LogP contribution >= 0.6 is 12.4 Å². The molecule has 0 aromatic heterocycles. The number of halogens is 4. The number of amides is 1. The lowest BCUT2D eigenvalue weighted by molar-refractivity contribution is -0.274. The molecule has 0 saturated carbocycles. The van der Waals surface area contributed by atoms with Gasteiger partial charge >= 0.3 is 6.36 Å². The summed E-state index contributed by atoms with van der Waals surface area (Å²) in [6.07, 6.45) is -4.76. The van der Waals surface area contributed by atoms with Crippen molar-refractivity contribution >= 4 is 18.3 Å². The molecule has 1 fully saturated rings. The first-order chi connectivity index (χ1) is 9.37. The van der Waals surface area contributed by atoms with Crippen molar-refractivity contribution < 1.29 is 22.7 Å². The third kappa shape index (κ3) is 4.78. The van der Waals surface area contributed by atoms with Crippen LogP contribution in [0.25, 0.3) is 0 Å². The predicted molar refractivity (Wildman–Crippen MR) is 73.7 cm³/mol. The number of carbonyl (C=O) groups is 1. The van der Waals surface area contributed by atoms with Crippen LogP contribution in [0.5, 0.6) is 5.75 Å². The largest absolute Gasteiger partial charge is 0.573 e. The molecule has 21 heavy (non-hydrogen) atoms. The molecule has 1 aliphatic heterocycles. The molecule has 1 aliphatic rings. The highest BCUT2D eigenvalue weighted by molar-refractivity contribution is 5.94. The molecule has 1 heterocycles. The summed E-state index contributed by atoms with van der Waals surface area (Å²) in [5, 5.41) is 3.15. The number of nitrogens with zero attached hydrogens (tertiary/aromatic N) is 1. The Hall–Kier alpha value is -1.47. The Bertz CT molecular complexity index is 497. The third-order valence-electron chi connectivity index (χ3n) is 3.08. The van der Waals surface area contributed by atoms with Gasteiger partial charge in [0.25, 0.3) is 5.91 Å². The molecule has 0 radical (unpaired) electrons. The van der Waals surface area contributed by atoms with Crippen LogP contribution in [0.15, 0.2) is 24.3 Å². The highest BCUT2D eigenvalue weighted by Crippen LogP contribution is 2.24. The summed E-state index contributed by atoms with van der Waals surface area (Å²) in [5.41, 5.74) is 0.195.